The summed E-state index contributed by atoms with van der Waals surface area (Å²) in [7, 11) is 0. The first-order chi connectivity index (χ1) is 17.7. The maximum Gasteiger partial charge on any atom is 0.251 e. The van der Waals surface area contributed by atoms with Crippen LogP contribution in [-0.2, 0) is 6.42 Å². The van der Waals surface area contributed by atoms with Crippen molar-refractivity contribution in [3.8, 4) is 0 Å². The number of nitrogens with two attached hydrogens (primary N) is 1. The SMILES string of the molecule is Cc1cc(C(N)=O)c(CC(C)C)cc1C(=O)NC1CC2CCCN(c3ccc(C(=O)C4CC4)cn3)C2C1. The quantitative estimate of drug-likeness (QED) is 0.519. The molecule has 1 saturated heterocycles. The van der Waals surface area contributed by atoms with Gasteiger partial charge in [0.05, 0.1) is 0 Å². The summed E-state index contributed by atoms with van der Waals surface area (Å²) in [4.78, 5) is 44.8. The van der Waals surface area contributed by atoms with Crippen molar-refractivity contribution in [3.05, 3.63) is 58.3 Å². The Bertz CT molecular complexity index is 1200. The van der Waals surface area contributed by atoms with Crippen LogP contribution in [0.4, 0.5) is 5.82 Å². The van der Waals surface area contributed by atoms with Crippen LogP contribution in [0.2, 0.25) is 0 Å². The number of benzene rings is 1. The van der Waals surface area contributed by atoms with Crippen LogP contribution in [0.3, 0.4) is 0 Å². The maximum absolute atomic E-state index is 13.4. The second kappa shape index (κ2) is 10.3. The summed E-state index contributed by atoms with van der Waals surface area (Å²) in [5, 5.41) is 3.29. The molecule has 2 amide bonds. The number of aryl methyl sites for hydroxylation is 1. The van der Waals surface area contributed by atoms with Crippen molar-refractivity contribution >= 4 is 23.4 Å². The van der Waals surface area contributed by atoms with Crippen LogP contribution < -0.4 is 16.0 Å². The number of carbonyl (C=O) groups excluding carboxylic acids is 3. The molecule has 2 heterocycles. The second-order valence-electron chi connectivity index (χ2n) is 11.6. The van der Waals surface area contributed by atoms with Crippen molar-refractivity contribution in [1.82, 2.24) is 10.3 Å². The largest absolute Gasteiger partial charge is 0.366 e. The minimum absolute atomic E-state index is 0.0857. The van der Waals surface area contributed by atoms with Gasteiger partial charge in [-0.25, -0.2) is 4.98 Å². The number of hydrogen-bond acceptors (Lipinski definition) is 5. The average molecular weight is 503 g/mol. The van der Waals surface area contributed by atoms with Gasteiger partial charge in [0.2, 0.25) is 5.91 Å². The smallest absolute Gasteiger partial charge is 0.251 e. The zero-order chi connectivity index (χ0) is 26.3. The summed E-state index contributed by atoms with van der Waals surface area (Å²) in [5.41, 5.74) is 9.05. The molecule has 2 aromatic rings. The van der Waals surface area contributed by atoms with Gasteiger partial charge in [0.25, 0.3) is 5.91 Å². The number of primary amides is 1. The lowest BCUT2D eigenvalue weighted by atomic mass is 9.92. The Kier molecular flexibility index (Phi) is 7.06. The van der Waals surface area contributed by atoms with E-state index in [9.17, 15) is 14.4 Å². The summed E-state index contributed by atoms with van der Waals surface area (Å²) in [6.45, 7) is 6.98. The van der Waals surface area contributed by atoms with Gasteiger partial charge in [-0.1, -0.05) is 13.8 Å². The molecule has 0 spiro atoms. The molecule has 1 aromatic heterocycles. The van der Waals surface area contributed by atoms with E-state index in [1.54, 1.807) is 12.3 Å². The Balaban J connectivity index is 1.29. The molecular weight excluding hydrogens is 464 g/mol. The van der Waals surface area contributed by atoms with E-state index >= 15 is 0 Å². The maximum atomic E-state index is 13.4. The van der Waals surface area contributed by atoms with Crippen LogP contribution in [0.15, 0.2) is 30.5 Å². The van der Waals surface area contributed by atoms with Crippen LogP contribution in [0, 0.1) is 24.7 Å². The Morgan fingerprint density at radius 3 is 2.54 bits per heavy atom. The highest BCUT2D eigenvalue weighted by Crippen LogP contribution is 2.39. The third kappa shape index (κ3) is 5.41. The van der Waals surface area contributed by atoms with Gasteiger partial charge in [0, 0.05) is 47.4 Å². The van der Waals surface area contributed by atoms with E-state index in [0.29, 0.717) is 41.0 Å². The third-order valence-electron chi connectivity index (χ3n) is 8.23. The van der Waals surface area contributed by atoms with Gasteiger partial charge in [-0.15, -0.1) is 0 Å². The number of fused-ring (bicyclic) bond motifs is 1. The zero-order valence-corrected chi connectivity index (χ0v) is 22.1. The van der Waals surface area contributed by atoms with Gasteiger partial charge in [-0.05, 0) is 99.1 Å². The minimum atomic E-state index is -0.454. The van der Waals surface area contributed by atoms with Crippen molar-refractivity contribution in [3.63, 3.8) is 0 Å². The molecule has 5 rings (SSSR count). The Hall–Kier alpha value is -3.22. The van der Waals surface area contributed by atoms with Crippen LogP contribution in [0.25, 0.3) is 0 Å². The molecule has 7 nitrogen and oxygen atoms in total. The molecule has 37 heavy (non-hydrogen) atoms. The number of pyridine rings is 1. The van der Waals surface area contributed by atoms with E-state index in [1.807, 2.05) is 25.1 Å². The van der Waals surface area contributed by atoms with Crippen molar-refractivity contribution in [2.24, 2.45) is 23.5 Å². The number of ketones is 1. The fourth-order valence-corrected chi connectivity index (χ4v) is 6.27. The molecule has 3 aliphatic rings. The van der Waals surface area contributed by atoms with E-state index in [4.69, 9.17) is 5.73 Å². The van der Waals surface area contributed by atoms with Gasteiger partial charge in [-0.2, -0.15) is 0 Å². The molecular formula is C30H38N4O3. The standard InChI is InChI=1S/C30H38N4O3/c1-17(2)11-22-14-24(18(3)12-25(22)29(31)36)30(37)33-23-13-20-5-4-10-34(26(20)15-23)27-9-8-21(16-32-27)28(35)19-6-7-19/h8-9,12,14,16-17,19-20,23,26H,4-7,10-11,13,15H2,1-3H3,(H2,31,36)(H,33,37). The highest BCUT2D eigenvalue weighted by atomic mass is 16.2. The van der Waals surface area contributed by atoms with E-state index < -0.39 is 5.91 Å². The molecule has 3 atom stereocenters. The number of nitrogens with one attached hydrogen (secondary N) is 1. The summed E-state index contributed by atoms with van der Waals surface area (Å²) >= 11 is 0. The zero-order valence-electron chi connectivity index (χ0n) is 22.1. The number of Topliss-reactive ketones (excluding diaryl/α,β-unsaturated/α-hetero) is 1. The first kappa shape index (κ1) is 25.4. The summed E-state index contributed by atoms with van der Waals surface area (Å²) in [6, 6.07) is 7.94. The van der Waals surface area contributed by atoms with Gasteiger partial charge in [0.1, 0.15) is 5.82 Å². The lowest BCUT2D eigenvalue weighted by Gasteiger charge is -2.38. The molecule has 1 aromatic carbocycles. The molecule has 196 valence electrons. The van der Waals surface area contributed by atoms with Crippen molar-refractivity contribution in [1.29, 1.82) is 0 Å². The van der Waals surface area contributed by atoms with E-state index in [1.165, 1.54) is 0 Å². The monoisotopic (exact) mass is 502 g/mol. The highest BCUT2D eigenvalue weighted by Gasteiger charge is 2.41. The highest BCUT2D eigenvalue weighted by molar-refractivity contribution is 6.00. The van der Waals surface area contributed by atoms with Crippen molar-refractivity contribution in [2.75, 3.05) is 11.4 Å². The molecule has 2 saturated carbocycles. The first-order valence-corrected chi connectivity index (χ1v) is 13.7. The summed E-state index contributed by atoms with van der Waals surface area (Å²) in [6.07, 6.45) is 8.49. The molecule has 3 unspecified atom stereocenters. The van der Waals surface area contributed by atoms with Gasteiger partial charge in [-0.3, -0.25) is 14.4 Å². The number of hydrogen-bond donors (Lipinski definition) is 2. The van der Waals surface area contributed by atoms with Gasteiger partial charge < -0.3 is 16.0 Å². The summed E-state index contributed by atoms with van der Waals surface area (Å²) in [5.74, 6) is 1.64. The minimum Gasteiger partial charge on any atom is -0.366 e. The predicted molar refractivity (Wildman–Crippen MR) is 144 cm³/mol. The van der Waals surface area contributed by atoms with E-state index in [-0.39, 0.29) is 23.7 Å². The number of amides is 2. The Morgan fingerprint density at radius 1 is 1.11 bits per heavy atom. The molecule has 0 radical (unpaired) electrons. The van der Waals surface area contributed by atoms with Crippen LogP contribution in [-0.4, -0.2) is 41.2 Å². The van der Waals surface area contributed by atoms with E-state index in [0.717, 1.165) is 62.0 Å². The number of piperidine rings is 1. The molecule has 0 bridgehead atoms. The number of anilines is 1. The molecule has 7 heteroatoms. The molecule has 1 aliphatic heterocycles. The van der Waals surface area contributed by atoms with Crippen molar-refractivity contribution < 1.29 is 14.4 Å². The summed E-state index contributed by atoms with van der Waals surface area (Å²) < 4.78 is 0. The lowest BCUT2D eigenvalue weighted by Crippen LogP contribution is -2.43. The number of nitrogens with zero attached hydrogens (tertiary/aromatic N) is 2. The average Bonchev–Trinajstić information content (AvgIpc) is 3.63. The van der Waals surface area contributed by atoms with Crippen molar-refractivity contribution in [2.45, 2.75) is 77.8 Å². The predicted octanol–water partition coefficient (Wildman–Crippen LogP) is 4.46. The number of carbonyl (C=O) groups is 3. The fraction of sp³-hybridized carbons (Fsp3) is 0.533. The molecule has 3 fully saturated rings. The Morgan fingerprint density at radius 2 is 1.89 bits per heavy atom. The third-order valence-corrected chi connectivity index (χ3v) is 8.23. The topological polar surface area (TPSA) is 105 Å². The van der Waals surface area contributed by atoms with E-state index in [2.05, 4.69) is 29.0 Å². The molecule has 2 aliphatic carbocycles. The van der Waals surface area contributed by atoms with Crippen LogP contribution >= 0.6 is 0 Å². The number of aromatic nitrogens is 1. The van der Waals surface area contributed by atoms with Gasteiger partial charge in [0.15, 0.2) is 5.78 Å². The van der Waals surface area contributed by atoms with Crippen LogP contribution in [0.5, 0.6) is 0 Å². The van der Waals surface area contributed by atoms with Crippen LogP contribution in [0.1, 0.15) is 94.6 Å². The molecule has 3 N–H and O–H groups in total. The Labute approximate surface area is 219 Å². The number of rotatable bonds is 8. The normalized spacial score (nSPS) is 23.1. The first-order valence-electron chi connectivity index (χ1n) is 13.7. The second-order valence-corrected chi connectivity index (χ2v) is 11.6. The lowest BCUT2D eigenvalue weighted by molar-refractivity contribution is 0.0932. The fourth-order valence-electron chi connectivity index (χ4n) is 6.27. The van der Waals surface area contributed by atoms with Gasteiger partial charge >= 0.3 is 0 Å².